The molecule has 0 spiro atoms. The van der Waals surface area contributed by atoms with Crippen molar-refractivity contribution in [1.82, 2.24) is 4.98 Å². The molecule has 0 radical (unpaired) electrons. The van der Waals surface area contributed by atoms with Crippen LogP contribution in [0.15, 0.2) is 12.3 Å². The number of anilines is 1. The zero-order chi connectivity index (χ0) is 11.5. The Labute approximate surface area is 114 Å². The van der Waals surface area contributed by atoms with Crippen molar-refractivity contribution >= 4 is 39.9 Å². The van der Waals surface area contributed by atoms with E-state index in [4.69, 9.17) is 11.6 Å². The summed E-state index contributed by atoms with van der Waals surface area (Å²) in [5.41, 5.74) is 1.01. The number of hydrogen-bond donors (Lipinski definition) is 2. The predicted octanol–water partition coefficient (Wildman–Crippen LogP) is 3.06. The predicted molar refractivity (Wildman–Crippen MR) is 73.8 cm³/mol. The van der Waals surface area contributed by atoms with E-state index in [1.165, 1.54) is 0 Å². The lowest BCUT2D eigenvalue weighted by Gasteiger charge is -2.27. The molecule has 1 heterocycles. The average Bonchev–Trinajstić information content (AvgIpc) is 2.24. The molecule has 1 aromatic heterocycles. The normalized spacial score (nSPS) is 25.4. The van der Waals surface area contributed by atoms with E-state index in [2.05, 4.69) is 32.9 Å². The van der Waals surface area contributed by atoms with Gasteiger partial charge in [-0.05, 0) is 54.3 Å². The number of aliphatic hydroxyl groups excluding tert-OH is 1. The summed E-state index contributed by atoms with van der Waals surface area (Å²) in [6.07, 6.45) is 5.51. The zero-order valence-electron chi connectivity index (χ0n) is 8.79. The van der Waals surface area contributed by atoms with E-state index in [1.54, 1.807) is 6.20 Å². The third-order valence-corrected chi connectivity index (χ3v) is 3.89. The molecule has 0 saturated heterocycles. The Kier molecular flexibility index (Phi) is 4.27. The van der Waals surface area contributed by atoms with Crippen LogP contribution in [0.2, 0.25) is 5.15 Å². The third kappa shape index (κ3) is 3.21. The van der Waals surface area contributed by atoms with E-state index in [-0.39, 0.29) is 6.10 Å². The summed E-state index contributed by atoms with van der Waals surface area (Å²) in [4.78, 5) is 4.02. The summed E-state index contributed by atoms with van der Waals surface area (Å²) in [5, 5.41) is 13.5. The third-order valence-electron chi connectivity index (χ3n) is 2.83. The van der Waals surface area contributed by atoms with Gasteiger partial charge < -0.3 is 10.4 Å². The van der Waals surface area contributed by atoms with Crippen molar-refractivity contribution in [2.45, 2.75) is 37.8 Å². The Morgan fingerprint density at radius 1 is 1.50 bits per heavy atom. The summed E-state index contributed by atoms with van der Waals surface area (Å²) in [7, 11) is 0. The van der Waals surface area contributed by atoms with Crippen molar-refractivity contribution in [2.75, 3.05) is 5.32 Å². The summed E-state index contributed by atoms with van der Waals surface area (Å²) >= 11 is 8.09. The van der Waals surface area contributed by atoms with Gasteiger partial charge in [0.2, 0.25) is 0 Å². The summed E-state index contributed by atoms with van der Waals surface area (Å²) in [6.45, 7) is 0. The topological polar surface area (TPSA) is 45.1 Å². The number of aromatic nitrogens is 1. The van der Waals surface area contributed by atoms with Crippen LogP contribution in [0.5, 0.6) is 0 Å². The maximum atomic E-state index is 9.60. The van der Waals surface area contributed by atoms with Gasteiger partial charge in [-0.3, -0.25) is 0 Å². The summed E-state index contributed by atoms with van der Waals surface area (Å²) in [5.74, 6) is 0. The van der Waals surface area contributed by atoms with Crippen LogP contribution < -0.4 is 5.32 Å². The number of halogens is 2. The average molecular weight is 353 g/mol. The lowest BCUT2D eigenvalue weighted by Crippen LogP contribution is -2.30. The van der Waals surface area contributed by atoms with Crippen molar-refractivity contribution in [3.8, 4) is 0 Å². The number of aliphatic hydroxyl groups is 1. The zero-order valence-corrected chi connectivity index (χ0v) is 11.7. The van der Waals surface area contributed by atoms with E-state index in [0.717, 1.165) is 34.9 Å². The fraction of sp³-hybridized carbons (Fsp3) is 0.545. The molecular weight excluding hydrogens is 338 g/mol. The Morgan fingerprint density at radius 3 is 3.06 bits per heavy atom. The highest BCUT2D eigenvalue weighted by Crippen LogP contribution is 2.26. The highest BCUT2D eigenvalue weighted by atomic mass is 127. The molecule has 1 saturated carbocycles. The fourth-order valence-electron chi connectivity index (χ4n) is 2.04. The quantitative estimate of drug-likeness (QED) is 0.635. The molecule has 1 fully saturated rings. The first-order valence-corrected chi connectivity index (χ1v) is 6.86. The Balaban J connectivity index is 2.05. The Morgan fingerprint density at radius 2 is 2.31 bits per heavy atom. The molecule has 0 amide bonds. The van der Waals surface area contributed by atoms with Crippen LogP contribution in [0.1, 0.15) is 25.7 Å². The summed E-state index contributed by atoms with van der Waals surface area (Å²) < 4.78 is 1.06. The maximum Gasteiger partial charge on any atom is 0.131 e. The number of nitrogens with one attached hydrogen (secondary N) is 1. The molecule has 0 unspecified atom stereocenters. The molecule has 88 valence electrons. The minimum atomic E-state index is -0.166. The molecule has 1 aliphatic carbocycles. The second-order valence-corrected chi connectivity index (χ2v) is 5.70. The van der Waals surface area contributed by atoms with E-state index < -0.39 is 0 Å². The second kappa shape index (κ2) is 5.51. The van der Waals surface area contributed by atoms with Gasteiger partial charge in [-0.1, -0.05) is 11.6 Å². The molecular formula is C11H14ClIN2O. The van der Waals surface area contributed by atoms with Gasteiger partial charge in [0.15, 0.2) is 0 Å². The molecule has 16 heavy (non-hydrogen) atoms. The molecule has 0 aromatic carbocycles. The molecule has 2 rings (SSSR count). The minimum absolute atomic E-state index is 0.166. The van der Waals surface area contributed by atoms with Crippen molar-refractivity contribution < 1.29 is 5.11 Å². The largest absolute Gasteiger partial charge is 0.393 e. The number of rotatable bonds is 2. The lowest BCUT2D eigenvalue weighted by molar-refractivity contribution is 0.124. The number of pyridine rings is 1. The van der Waals surface area contributed by atoms with Crippen LogP contribution in [0, 0.1) is 3.57 Å². The van der Waals surface area contributed by atoms with Gasteiger partial charge in [-0.15, -0.1) is 0 Å². The number of hydrogen-bond acceptors (Lipinski definition) is 3. The molecule has 0 aliphatic heterocycles. The van der Waals surface area contributed by atoms with Gasteiger partial charge in [0, 0.05) is 12.2 Å². The van der Waals surface area contributed by atoms with E-state index in [9.17, 15) is 5.11 Å². The van der Waals surface area contributed by atoms with Gasteiger partial charge in [0.05, 0.1) is 15.4 Å². The van der Waals surface area contributed by atoms with Crippen molar-refractivity contribution in [2.24, 2.45) is 0 Å². The molecule has 0 bridgehead atoms. The fourth-order valence-corrected chi connectivity index (χ4v) is 2.65. The standard InChI is InChI=1S/C11H14ClIN2O/c12-11-5-10(9(13)6-14-11)15-7-2-1-3-8(16)4-7/h5-8,16H,1-4H2,(H,14,15)/t7-,8+/m1/s1. The monoisotopic (exact) mass is 352 g/mol. The maximum absolute atomic E-state index is 9.60. The van der Waals surface area contributed by atoms with Crippen LogP contribution in [-0.4, -0.2) is 22.2 Å². The first-order valence-electron chi connectivity index (χ1n) is 5.41. The van der Waals surface area contributed by atoms with Crippen molar-refractivity contribution in [1.29, 1.82) is 0 Å². The van der Waals surface area contributed by atoms with Gasteiger partial charge in [-0.25, -0.2) is 4.98 Å². The van der Waals surface area contributed by atoms with E-state index >= 15 is 0 Å². The van der Waals surface area contributed by atoms with Crippen molar-refractivity contribution in [3.05, 3.63) is 21.0 Å². The highest BCUT2D eigenvalue weighted by molar-refractivity contribution is 14.1. The molecule has 3 nitrogen and oxygen atoms in total. The Hall–Kier alpha value is -0.0700. The van der Waals surface area contributed by atoms with E-state index in [1.807, 2.05) is 6.07 Å². The van der Waals surface area contributed by atoms with Crippen LogP contribution in [-0.2, 0) is 0 Å². The van der Waals surface area contributed by atoms with E-state index in [0.29, 0.717) is 11.2 Å². The van der Waals surface area contributed by atoms with Gasteiger partial charge in [-0.2, -0.15) is 0 Å². The molecule has 5 heteroatoms. The molecule has 2 atom stereocenters. The molecule has 1 aromatic rings. The van der Waals surface area contributed by atoms with Crippen molar-refractivity contribution in [3.63, 3.8) is 0 Å². The van der Waals surface area contributed by atoms with Crippen LogP contribution in [0.3, 0.4) is 0 Å². The SMILES string of the molecule is O[C@H]1CCC[C@@H](Nc2cc(Cl)ncc2I)C1. The van der Waals surface area contributed by atoms with Gasteiger partial charge in [0.1, 0.15) is 5.15 Å². The first-order chi connectivity index (χ1) is 7.65. The Bertz CT molecular complexity index is 375. The van der Waals surface area contributed by atoms with Crippen LogP contribution >= 0.6 is 34.2 Å². The highest BCUT2D eigenvalue weighted by Gasteiger charge is 2.20. The molecule has 2 N–H and O–H groups in total. The second-order valence-electron chi connectivity index (χ2n) is 4.15. The summed E-state index contributed by atoms with van der Waals surface area (Å²) in [6, 6.07) is 2.18. The molecule has 1 aliphatic rings. The first kappa shape index (κ1) is 12.4. The lowest BCUT2D eigenvalue weighted by atomic mass is 9.93. The van der Waals surface area contributed by atoms with Gasteiger partial charge in [0.25, 0.3) is 0 Å². The number of nitrogens with zero attached hydrogens (tertiary/aromatic N) is 1. The minimum Gasteiger partial charge on any atom is -0.393 e. The van der Waals surface area contributed by atoms with Crippen LogP contribution in [0.4, 0.5) is 5.69 Å². The van der Waals surface area contributed by atoms with Gasteiger partial charge >= 0.3 is 0 Å². The van der Waals surface area contributed by atoms with Crippen LogP contribution in [0.25, 0.3) is 0 Å². The smallest absolute Gasteiger partial charge is 0.131 e.